The van der Waals surface area contributed by atoms with E-state index in [2.05, 4.69) is 46.0 Å². The van der Waals surface area contributed by atoms with Crippen molar-refractivity contribution in [1.82, 2.24) is 9.88 Å². The lowest BCUT2D eigenvalue weighted by Gasteiger charge is -2.26. The van der Waals surface area contributed by atoms with Crippen molar-refractivity contribution in [2.75, 3.05) is 33.4 Å². The second kappa shape index (κ2) is 10.5. The van der Waals surface area contributed by atoms with Gasteiger partial charge in [-0.25, -0.2) is 4.79 Å². The summed E-state index contributed by atoms with van der Waals surface area (Å²) < 4.78 is 10.3. The Morgan fingerprint density at radius 1 is 0.971 bits per heavy atom. The van der Waals surface area contributed by atoms with Gasteiger partial charge in [-0.1, -0.05) is 48.2 Å². The van der Waals surface area contributed by atoms with Crippen molar-refractivity contribution in [3.63, 3.8) is 0 Å². The van der Waals surface area contributed by atoms with E-state index in [1.807, 2.05) is 42.5 Å². The van der Waals surface area contributed by atoms with Crippen LogP contribution in [0.5, 0.6) is 0 Å². The minimum absolute atomic E-state index is 0.361. The van der Waals surface area contributed by atoms with E-state index in [4.69, 9.17) is 9.47 Å². The smallest absolute Gasteiger partial charge is 0.338 e. The quantitative estimate of drug-likeness (QED) is 0.318. The van der Waals surface area contributed by atoms with E-state index in [0.717, 1.165) is 66.0 Å². The number of benzene rings is 3. The number of methoxy groups -OCH3 is 1. The van der Waals surface area contributed by atoms with Crippen LogP contribution in [-0.2, 0) is 16.0 Å². The van der Waals surface area contributed by atoms with Crippen LogP contribution in [0.1, 0.15) is 27.0 Å². The van der Waals surface area contributed by atoms with Gasteiger partial charge in [0.25, 0.3) is 0 Å². The van der Waals surface area contributed by atoms with E-state index in [-0.39, 0.29) is 5.97 Å². The number of hydrogen-bond acceptors (Lipinski definition) is 5. The highest BCUT2D eigenvalue weighted by atomic mass is 16.5. The molecule has 0 amide bonds. The Morgan fingerprint density at radius 3 is 2.34 bits per heavy atom. The highest BCUT2D eigenvalue weighted by Crippen LogP contribution is 2.25. The van der Waals surface area contributed by atoms with E-state index in [0.29, 0.717) is 5.56 Å². The number of rotatable bonds is 4. The van der Waals surface area contributed by atoms with Crippen LogP contribution in [0.2, 0.25) is 0 Å². The van der Waals surface area contributed by atoms with Crippen LogP contribution in [0.3, 0.4) is 0 Å². The van der Waals surface area contributed by atoms with Crippen molar-refractivity contribution in [2.24, 2.45) is 0 Å². The van der Waals surface area contributed by atoms with Gasteiger partial charge in [-0.05, 0) is 47.3 Å². The molecule has 4 aromatic rings. The summed E-state index contributed by atoms with van der Waals surface area (Å²) in [6.07, 6.45) is 1.73. The zero-order chi connectivity index (χ0) is 24.0. The third kappa shape index (κ3) is 5.41. The average molecular weight is 463 g/mol. The van der Waals surface area contributed by atoms with E-state index in [1.165, 1.54) is 12.7 Å². The van der Waals surface area contributed by atoms with Gasteiger partial charge >= 0.3 is 5.97 Å². The van der Waals surface area contributed by atoms with Crippen LogP contribution in [0.4, 0.5) is 0 Å². The number of ether oxygens (including phenoxy) is 2. The predicted molar refractivity (Wildman–Crippen MR) is 137 cm³/mol. The SMILES string of the molecule is COC(=O)c1cccc2cc(-c3ccc(C#Cc4ccc(CN5CCOCC5)cc4)cc3)ncc12. The molecule has 0 unspecified atom stereocenters. The first-order valence-electron chi connectivity index (χ1n) is 11.7. The van der Waals surface area contributed by atoms with Crippen LogP contribution in [0, 0.1) is 11.8 Å². The molecule has 0 radical (unpaired) electrons. The number of pyridine rings is 1. The summed E-state index contributed by atoms with van der Waals surface area (Å²) in [5.74, 6) is 6.14. The van der Waals surface area contributed by atoms with E-state index in [9.17, 15) is 4.79 Å². The Kier molecular flexibility index (Phi) is 6.85. The van der Waals surface area contributed by atoms with Gasteiger partial charge in [-0.3, -0.25) is 9.88 Å². The summed E-state index contributed by atoms with van der Waals surface area (Å²) in [5.41, 5.74) is 5.59. The molecule has 2 heterocycles. The van der Waals surface area contributed by atoms with Crippen molar-refractivity contribution in [3.8, 4) is 23.1 Å². The molecular weight excluding hydrogens is 436 g/mol. The summed E-state index contributed by atoms with van der Waals surface area (Å²) in [6.45, 7) is 4.55. The minimum Gasteiger partial charge on any atom is -0.465 e. The Bertz CT molecular complexity index is 1390. The van der Waals surface area contributed by atoms with Crippen LogP contribution in [-0.4, -0.2) is 49.3 Å². The van der Waals surface area contributed by atoms with Crippen LogP contribution in [0.25, 0.3) is 22.0 Å². The molecule has 0 spiro atoms. The number of fused-ring (bicyclic) bond motifs is 1. The molecule has 1 saturated heterocycles. The van der Waals surface area contributed by atoms with E-state index < -0.39 is 0 Å². The fourth-order valence-corrected chi connectivity index (χ4v) is 4.20. The predicted octanol–water partition coefficient (Wildman–Crippen LogP) is 4.92. The Labute approximate surface area is 205 Å². The molecule has 0 saturated carbocycles. The molecule has 35 heavy (non-hydrogen) atoms. The van der Waals surface area contributed by atoms with Crippen LogP contribution in [0.15, 0.2) is 79.0 Å². The maximum Gasteiger partial charge on any atom is 0.338 e. The molecule has 0 aliphatic carbocycles. The molecule has 5 rings (SSSR count). The fraction of sp³-hybridized carbons (Fsp3) is 0.200. The highest BCUT2D eigenvalue weighted by Gasteiger charge is 2.12. The highest BCUT2D eigenvalue weighted by molar-refractivity contribution is 6.04. The molecule has 1 aromatic heterocycles. The first-order valence-corrected chi connectivity index (χ1v) is 11.7. The second-order valence-electron chi connectivity index (χ2n) is 8.50. The Balaban J connectivity index is 1.28. The van der Waals surface area contributed by atoms with Gasteiger partial charge < -0.3 is 9.47 Å². The molecule has 3 aromatic carbocycles. The number of esters is 1. The monoisotopic (exact) mass is 462 g/mol. The minimum atomic E-state index is -0.361. The average Bonchev–Trinajstić information content (AvgIpc) is 2.92. The number of hydrogen-bond donors (Lipinski definition) is 0. The standard InChI is InChI=1S/C30H26N2O3/c1-34-30(33)27-4-2-3-26-19-29(31-20-28(26)27)25-13-11-23(12-14-25)6-5-22-7-9-24(10-8-22)21-32-15-17-35-18-16-32/h2-4,7-14,19-20H,15-18,21H2,1H3. The van der Waals surface area contributed by atoms with Crippen molar-refractivity contribution in [3.05, 3.63) is 101 Å². The second-order valence-corrected chi connectivity index (χ2v) is 8.50. The van der Waals surface area contributed by atoms with Gasteiger partial charge in [0.05, 0.1) is 31.6 Å². The molecule has 5 nitrogen and oxygen atoms in total. The number of carbonyl (C=O) groups is 1. The molecule has 5 heteroatoms. The first kappa shape index (κ1) is 22.8. The van der Waals surface area contributed by atoms with Gasteiger partial charge in [0.2, 0.25) is 0 Å². The molecule has 174 valence electrons. The third-order valence-electron chi connectivity index (χ3n) is 6.17. The lowest BCUT2D eigenvalue weighted by molar-refractivity contribution is 0.0342. The lowest BCUT2D eigenvalue weighted by atomic mass is 10.0. The largest absolute Gasteiger partial charge is 0.465 e. The summed E-state index contributed by atoms with van der Waals surface area (Å²) in [6, 6.07) is 24.1. The zero-order valence-corrected chi connectivity index (χ0v) is 19.7. The van der Waals surface area contributed by atoms with Crippen LogP contribution >= 0.6 is 0 Å². The van der Waals surface area contributed by atoms with E-state index >= 15 is 0 Å². The molecule has 0 bridgehead atoms. The maximum absolute atomic E-state index is 12.0. The number of aromatic nitrogens is 1. The van der Waals surface area contributed by atoms with Gasteiger partial charge in [-0.2, -0.15) is 0 Å². The third-order valence-corrected chi connectivity index (χ3v) is 6.17. The Hall–Kier alpha value is -3.98. The van der Waals surface area contributed by atoms with Crippen molar-refractivity contribution >= 4 is 16.7 Å². The van der Waals surface area contributed by atoms with Gasteiger partial charge in [0, 0.05) is 47.9 Å². The molecule has 0 N–H and O–H groups in total. The Morgan fingerprint density at radius 2 is 1.66 bits per heavy atom. The normalized spacial score (nSPS) is 13.7. The van der Waals surface area contributed by atoms with Crippen molar-refractivity contribution in [2.45, 2.75) is 6.54 Å². The molecule has 0 atom stereocenters. The van der Waals surface area contributed by atoms with Gasteiger partial charge in [-0.15, -0.1) is 0 Å². The summed E-state index contributed by atoms with van der Waals surface area (Å²) >= 11 is 0. The summed E-state index contributed by atoms with van der Waals surface area (Å²) in [5, 5.41) is 1.72. The maximum atomic E-state index is 12.0. The van der Waals surface area contributed by atoms with Gasteiger partial charge in [0.15, 0.2) is 0 Å². The van der Waals surface area contributed by atoms with Crippen molar-refractivity contribution < 1.29 is 14.3 Å². The number of nitrogens with zero attached hydrogens (tertiary/aromatic N) is 2. The molecule has 1 fully saturated rings. The fourth-order valence-electron chi connectivity index (χ4n) is 4.20. The number of morpholine rings is 1. The zero-order valence-electron chi connectivity index (χ0n) is 19.7. The molecule has 1 aliphatic heterocycles. The topological polar surface area (TPSA) is 51.7 Å². The van der Waals surface area contributed by atoms with E-state index in [1.54, 1.807) is 12.3 Å². The van der Waals surface area contributed by atoms with Crippen LogP contribution < -0.4 is 0 Å². The molecular formula is C30H26N2O3. The number of carbonyl (C=O) groups excluding carboxylic acids is 1. The summed E-state index contributed by atoms with van der Waals surface area (Å²) in [7, 11) is 1.38. The lowest BCUT2D eigenvalue weighted by Crippen LogP contribution is -2.35. The summed E-state index contributed by atoms with van der Waals surface area (Å²) in [4.78, 5) is 19.0. The van der Waals surface area contributed by atoms with Crippen molar-refractivity contribution in [1.29, 1.82) is 0 Å². The first-order chi connectivity index (χ1) is 17.2. The van der Waals surface area contributed by atoms with Gasteiger partial charge in [0.1, 0.15) is 0 Å². The molecule has 1 aliphatic rings.